The third kappa shape index (κ3) is 5.58. The van der Waals surface area contributed by atoms with Crippen LogP contribution in [0.15, 0.2) is 24.3 Å². The van der Waals surface area contributed by atoms with Gasteiger partial charge in [0.2, 0.25) is 0 Å². The minimum Gasteiger partial charge on any atom is -0.494 e. The lowest BCUT2D eigenvalue weighted by Crippen LogP contribution is -2.09. The molecule has 0 spiro atoms. The molecule has 0 heterocycles. The molecule has 1 aromatic carbocycles. The summed E-state index contributed by atoms with van der Waals surface area (Å²) in [5, 5.41) is 9.25. The van der Waals surface area contributed by atoms with Crippen LogP contribution < -0.4 is 4.74 Å². The third-order valence-corrected chi connectivity index (χ3v) is 2.24. The molecule has 0 aliphatic carbocycles. The van der Waals surface area contributed by atoms with Gasteiger partial charge in [-0.25, -0.2) is 0 Å². The van der Waals surface area contributed by atoms with Crippen LogP contribution in [0.4, 0.5) is 13.2 Å². The predicted octanol–water partition coefficient (Wildman–Crippen LogP) is 3.46. The number of halogens is 3. The Morgan fingerprint density at radius 3 is 2.29 bits per heavy atom. The maximum Gasteiger partial charge on any atom is 0.389 e. The number of aliphatic hydroxyl groups is 1. The van der Waals surface area contributed by atoms with Crippen LogP contribution in [-0.4, -0.2) is 17.9 Å². The zero-order valence-electron chi connectivity index (χ0n) is 9.50. The highest BCUT2D eigenvalue weighted by Gasteiger charge is 2.26. The highest BCUT2D eigenvalue weighted by Crippen LogP contribution is 2.22. The van der Waals surface area contributed by atoms with E-state index in [9.17, 15) is 18.3 Å². The molecule has 0 unspecified atom stereocenters. The van der Waals surface area contributed by atoms with Gasteiger partial charge in [0.05, 0.1) is 12.7 Å². The Labute approximate surface area is 98.0 Å². The van der Waals surface area contributed by atoms with Crippen molar-refractivity contribution in [3.05, 3.63) is 29.8 Å². The highest BCUT2D eigenvalue weighted by atomic mass is 19.4. The average Bonchev–Trinajstić information content (AvgIpc) is 2.24. The lowest BCUT2D eigenvalue weighted by molar-refractivity contribution is -0.136. The molecule has 1 atom stereocenters. The third-order valence-electron chi connectivity index (χ3n) is 2.24. The van der Waals surface area contributed by atoms with Gasteiger partial charge in [-0.2, -0.15) is 13.2 Å². The number of hydrogen-bond donors (Lipinski definition) is 1. The molecule has 0 bridgehead atoms. The van der Waals surface area contributed by atoms with Gasteiger partial charge in [0, 0.05) is 6.42 Å². The van der Waals surface area contributed by atoms with Crippen molar-refractivity contribution in [1.29, 1.82) is 0 Å². The van der Waals surface area contributed by atoms with Gasteiger partial charge in [0.1, 0.15) is 5.75 Å². The van der Waals surface area contributed by atoms with Crippen LogP contribution in [0.3, 0.4) is 0 Å². The summed E-state index contributed by atoms with van der Waals surface area (Å²) in [6.07, 6.45) is -5.57. The van der Waals surface area contributed by atoms with Crippen molar-refractivity contribution < 1.29 is 23.0 Å². The molecule has 0 radical (unpaired) electrons. The second-order valence-corrected chi connectivity index (χ2v) is 3.81. The molecule has 0 aliphatic rings. The van der Waals surface area contributed by atoms with E-state index in [0.717, 1.165) is 5.56 Å². The van der Waals surface area contributed by atoms with Crippen molar-refractivity contribution >= 4 is 0 Å². The molecular formula is C12H15F3O2. The van der Waals surface area contributed by atoms with E-state index < -0.39 is 18.7 Å². The Bertz CT molecular complexity index is 331. The largest absolute Gasteiger partial charge is 0.494 e. The number of ether oxygens (including phenoxy) is 1. The molecule has 1 aromatic rings. The van der Waals surface area contributed by atoms with E-state index in [4.69, 9.17) is 4.74 Å². The van der Waals surface area contributed by atoms with Gasteiger partial charge in [-0.1, -0.05) is 12.1 Å². The van der Waals surface area contributed by atoms with E-state index in [0.29, 0.717) is 5.75 Å². The molecule has 1 N–H and O–H groups in total. The van der Waals surface area contributed by atoms with E-state index >= 15 is 0 Å². The summed E-state index contributed by atoms with van der Waals surface area (Å²) in [5.41, 5.74) is 0.743. The standard InChI is InChI=1S/C12H15F3O2/c1-9(16)10-3-5-11(6-4-10)17-8-2-7-12(13,14)15/h3-6,9,16H,2,7-8H2,1H3/t9-/m0/s1. The first kappa shape index (κ1) is 13.8. The molecule has 0 aliphatic heterocycles. The first-order valence-electron chi connectivity index (χ1n) is 5.36. The van der Waals surface area contributed by atoms with Gasteiger partial charge in [0.25, 0.3) is 0 Å². The summed E-state index contributed by atoms with van der Waals surface area (Å²) in [7, 11) is 0. The maximum atomic E-state index is 11.8. The smallest absolute Gasteiger partial charge is 0.389 e. The second-order valence-electron chi connectivity index (χ2n) is 3.81. The Kier molecular flexibility index (Phi) is 4.81. The van der Waals surface area contributed by atoms with Crippen molar-refractivity contribution in [1.82, 2.24) is 0 Å². The van der Waals surface area contributed by atoms with Gasteiger partial charge in [-0.05, 0) is 31.0 Å². The van der Waals surface area contributed by atoms with E-state index in [1.54, 1.807) is 31.2 Å². The van der Waals surface area contributed by atoms with Gasteiger partial charge in [0.15, 0.2) is 0 Å². The second kappa shape index (κ2) is 5.91. The SMILES string of the molecule is C[C@H](O)c1ccc(OCCCC(F)(F)F)cc1. The molecule has 5 heteroatoms. The molecule has 1 rings (SSSR count). The van der Waals surface area contributed by atoms with Gasteiger partial charge >= 0.3 is 6.18 Å². The molecule has 96 valence electrons. The first-order chi connectivity index (χ1) is 7.88. The molecule has 0 saturated heterocycles. The lowest BCUT2D eigenvalue weighted by Gasteiger charge is -2.09. The number of benzene rings is 1. The van der Waals surface area contributed by atoms with E-state index in [-0.39, 0.29) is 13.0 Å². The lowest BCUT2D eigenvalue weighted by atomic mass is 10.1. The normalized spacial score (nSPS) is 13.5. The van der Waals surface area contributed by atoms with Crippen LogP contribution in [0.2, 0.25) is 0 Å². The van der Waals surface area contributed by atoms with Crippen molar-refractivity contribution in [3.8, 4) is 5.75 Å². The van der Waals surface area contributed by atoms with Crippen molar-refractivity contribution in [3.63, 3.8) is 0 Å². The zero-order valence-corrected chi connectivity index (χ0v) is 9.50. The topological polar surface area (TPSA) is 29.5 Å². The van der Waals surface area contributed by atoms with Gasteiger partial charge in [-0.3, -0.25) is 0 Å². The summed E-state index contributed by atoms with van der Waals surface area (Å²) in [6, 6.07) is 6.64. The van der Waals surface area contributed by atoms with Crippen LogP contribution in [0.5, 0.6) is 5.75 Å². The van der Waals surface area contributed by atoms with Gasteiger partial charge < -0.3 is 9.84 Å². The van der Waals surface area contributed by atoms with Crippen LogP contribution in [-0.2, 0) is 0 Å². The number of rotatable bonds is 5. The molecule has 0 fully saturated rings. The van der Waals surface area contributed by atoms with Gasteiger partial charge in [-0.15, -0.1) is 0 Å². The summed E-state index contributed by atoms with van der Waals surface area (Å²) in [6.45, 7) is 1.67. The van der Waals surface area contributed by atoms with Crippen LogP contribution in [0.1, 0.15) is 31.4 Å². The number of alkyl halides is 3. The van der Waals surface area contributed by atoms with E-state index in [1.807, 2.05) is 0 Å². The fourth-order valence-corrected chi connectivity index (χ4v) is 1.31. The summed E-state index contributed by atoms with van der Waals surface area (Å²) < 4.78 is 40.7. The summed E-state index contributed by atoms with van der Waals surface area (Å²) in [5.74, 6) is 0.511. The Balaban J connectivity index is 2.33. The van der Waals surface area contributed by atoms with E-state index in [1.165, 1.54) is 0 Å². The number of aliphatic hydroxyl groups excluding tert-OH is 1. The van der Waals surface area contributed by atoms with Crippen molar-refractivity contribution in [2.75, 3.05) is 6.61 Å². The predicted molar refractivity (Wildman–Crippen MR) is 57.9 cm³/mol. The van der Waals surface area contributed by atoms with Crippen LogP contribution in [0.25, 0.3) is 0 Å². The fourth-order valence-electron chi connectivity index (χ4n) is 1.31. The molecule has 0 saturated carbocycles. The van der Waals surface area contributed by atoms with Crippen LogP contribution in [0, 0.1) is 0 Å². The monoisotopic (exact) mass is 248 g/mol. The minimum atomic E-state index is -4.13. The quantitative estimate of drug-likeness (QED) is 0.808. The zero-order chi connectivity index (χ0) is 12.9. The molecule has 0 aromatic heterocycles. The molecule has 0 amide bonds. The molecule has 2 nitrogen and oxygen atoms in total. The maximum absolute atomic E-state index is 11.8. The highest BCUT2D eigenvalue weighted by molar-refractivity contribution is 5.28. The average molecular weight is 248 g/mol. The van der Waals surface area contributed by atoms with Crippen molar-refractivity contribution in [2.24, 2.45) is 0 Å². The first-order valence-corrected chi connectivity index (χ1v) is 5.36. The minimum absolute atomic E-state index is 0.0353. The van der Waals surface area contributed by atoms with Crippen molar-refractivity contribution in [2.45, 2.75) is 32.0 Å². The molecule has 17 heavy (non-hydrogen) atoms. The van der Waals surface area contributed by atoms with E-state index in [2.05, 4.69) is 0 Å². The summed E-state index contributed by atoms with van der Waals surface area (Å²) in [4.78, 5) is 0. The Morgan fingerprint density at radius 1 is 1.24 bits per heavy atom. The number of hydrogen-bond acceptors (Lipinski definition) is 2. The van der Waals surface area contributed by atoms with Crippen LogP contribution >= 0.6 is 0 Å². The molecular weight excluding hydrogens is 233 g/mol. The fraction of sp³-hybridized carbons (Fsp3) is 0.500. The Hall–Kier alpha value is -1.23. The Morgan fingerprint density at radius 2 is 1.82 bits per heavy atom. The summed E-state index contributed by atoms with van der Waals surface area (Å²) >= 11 is 0.